The lowest BCUT2D eigenvalue weighted by molar-refractivity contribution is -0.104. The summed E-state index contributed by atoms with van der Waals surface area (Å²) in [5.74, 6) is 3.09. The molecule has 4 aliphatic carbocycles. The summed E-state index contributed by atoms with van der Waals surface area (Å²) < 4.78 is 0. The lowest BCUT2D eigenvalue weighted by Gasteiger charge is -2.56. The van der Waals surface area contributed by atoms with E-state index in [1.165, 1.54) is 38.5 Å². The van der Waals surface area contributed by atoms with E-state index in [2.05, 4.69) is 6.08 Å². The summed E-state index contributed by atoms with van der Waals surface area (Å²) in [6.45, 7) is 0. The molecule has 0 aromatic rings. The first-order valence-electron chi connectivity index (χ1n) is 6.40. The third kappa shape index (κ3) is 1.66. The first-order valence-corrected chi connectivity index (χ1v) is 6.40. The minimum atomic E-state index is 0.605. The molecule has 0 spiro atoms. The van der Waals surface area contributed by atoms with Gasteiger partial charge in [-0.2, -0.15) is 0 Å². The number of hydrogen-bond acceptors (Lipinski definition) is 1. The minimum absolute atomic E-state index is 0.605. The van der Waals surface area contributed by atoms with Crippen molar-refractivity contribution in [1.82, 2.24) is 0 Å². The summed E-state index contributed by atoms with van der Waals surface area (Å²) in [5, 5.41) is 0. The average molecular weight is 204 g/mol. The molecule has 4 aliphatic rings. The SMILES string of the molecule is O=C/C=C/CC12CC3CC(CC(C3)C1)C2. The van der Waals surface area contributed by atoms with Crippen LogP contribution in [0.1, 0.15) is 44.9 Å². The molecule has 15 heavy (non-hydrogen) atoms. The van der Waals surface area contributed by atoms with Gasteiger partial charge in [-0.05, 0) is 74.2 Å². The van der Waals surface area contributed by atoms with Gasteiger partial charge in [0, 0.05) is 0 Å². The summed E-state index contributed by atoms with van der Waals surface area (Å²) in [5.41, 5.74) is 0.605. The fourth-order valence-electron chi connectivity index (χ4n) is 4.91. The van der Waals surface area contributed by atoms with Crippen molar-refractivity contribution in [2.24, 2.45) is 23.2 Å². The van der Waals surface area contributed by atoms with Crippen LogP contribution in [0, 0.1) is 23.2 Å². The highest BCUT2D eigenvalue weighted by Crippen LogP contribution is 2.61. The van der Waals surface area contributed by atoms with Gasteiger partial charge in [0.25, 0.3) is 0 Å². The number of carbonyl (C=O) groups is 1. The van der Waals surface area contributed by atoms with Crippen LogP contribution in [0.15, 0.2) is 12.2 Å². The number of carbonyl (C=O) groups excluding carboxylic acids is 1. The molecule has 0 aromatic carbocycles. The highest BCUT2D eigenvalue weighted by atomic mass is 16.1. The maximum absolute atomic E-state index is 10.3. The van der Waals surface area contributed by atoms with Crippen molar-refractivity contribution < 1.29 is 4.79 Å². The Morgan fingerprint density at radius 1 is 1.00 bits per heavy atom. The van der Waals surface area contributed by atoms with Gasteiger partial charge in [-0.15, -0.1) is 0 Å². The number of hydrogen-bond donors (Lipinski definition) is 0. The summed E-state index contributed by atoms with van der Waals surface area (Å²) in [4.78, 5) is 10.3. The van der Waals surface area contributed by atoms with Crippen molar-refractivity contribution in [3.63, 3.8) is 0 Å². The van der Waals surface area contributed by atoms with Crippen molar-refractivity contribution in [3.8, 4) is 0 Å². The van der Waals surface area contributed by atoms with Crippen LogP contribution in [-0.2, 0) is 4.79 Å². The molecule has 4 bridgehead atoms. The highest BCUT2D eigenvalue weighted by molar-refractivity contribution is 5.64. The van der Waals surface area contributed by atoms with Gasteiger partial charge in [-0.3, -0.25) is 4.79 Å². The van der Waals surface area contributed by atoms with E-state index in [0.29, 0.717) is 5.41 Å². The van der Waals surface area contributed by atoms with Gasteiger partial charge >= 0.3 is 0 Å². The van der Waals surface area contributed by atoms with Gasteiger partial charge in [-0.25, -0.2) is 0 Å². The minimum Gasteiger partial charge on any atom is -0.299 e. The smallest absolute Gasteiger partial charge is 0.142 e. The van der Waals surface area contributed by atoms with Crippen molar-refractivity contribution >= 4 is 6.29 Å². The maximum Gasteiger partial charge on any atom is 0.142 e. The molecule has 0 aromatic heterocycles. The third-order valence-corrected chi connectivity index (χ3v) is 4.93. The van der Waals surface area contributed by atoms with E-state index in [9.17, 15) is 4.79 Å². The fourth-order valence-corrected chi connectivity index (χ4v) is 4.91. The van der Waals surface area contributed by atoms with Crippen LogP contribution in [0.25, 0.3) is 0 Å². The van der Waals surface area contributed by atoms with Crippen molar-refractivity contribution in [1.29, 1.82) is 0 Å². The van der Waals surface area contributed by atoms with Crippen molar-refractivity contribution in [2.75, 3.05) is 0 Å². The second kappa shape index (κ2) is 3.47. The molecule has 1 heteroatoms. The Balaban J connectivity index is 1.75. The molecule has 0 aliphatic heterocycles. The van der Waals surface area contributed by atoms with Gasteiger partial charge in [0.05, 0.1) is 0 Å². The van der Waals surface area contributed by atoms with Crippen LogP contribution < -0.4 is 0 Å². The Labute approximate surface area is 91.9 Å². The lowest BCUT2D eigenvalue weighted by Crippen LogP contribution is -2.45. The van der Waals surface area contributed by atoms with Crippen LogP contribution in [0.2, 0.25) is 0 Å². The largest absolute Gasteiger partial charge is 0.299 e. The summed E-state index contributed by atoms with van der Waals surface area (Å²) >= 11 is 0. The fraction of sp³-hybridized carbons (Fsp3) is 0.786. The van der Waals surface area contributed by atoms with Crippen LogP contribution >= 0.6 is 0 Å². The van der Waals surface area contributed by atoms with E-state index in [0.717, 1.165) is 30.5 Å². The number of allylic oxidation sites excluding steroid dienone is 2. The normalized spacial score (nSPS) is 47.6. The first-order chi connectivity index (χ1) is 7.30. The second-order valence-electron chi connectivity index (χ2n) is 6.19. The maximum atomic E-state index is 10.3. The molecular formula is C14H20O. The van der Waals surface area contributed by atoms with E-state index in [1.54, 1.807) is 6.08 Å². The van der Waals surface area contributed by atoms with Gasteiger partial charge in [0.15, 0.2) is 0 Å². The lowest BCUT2D eigenvalue weighted by atomic mass is 9.49. The standard InChI is InChI=1S/C14H20O/c15-4-2-1-3-14-8-11-5-12(9-14)7-13(6-11)10-14/h1-2,4,11-13H,3,5-10H2/b2-1+. The molecule has 82 valence electrons. The molecule has 4 fully saturated rings. The van der Waals surface area contributed by atoms with Crippen LogP contribution in [0.4, 0.5) is 0 Å². The number of aldehydes is 1. The Bertz CT molecular complexity index is 254. The Morgan fingerprint density at radius 2 is 1.53 bits per heavy atom. The molecule has 1 nitrogen and oxygen atoms in total. The van der Waals surface area contributed by atoms with Crippen LogP contribution in [0.3, 0.4) is 0 Å². The average Bonchev–Trinajstić information content (AvgIpc) is 2.15. The highest BCUT2D eigenvalue weighted by Gasteiger charge is 2.49. The van der Waals surface area contributed by atoms with E-state index >= 15 is 0 Å². The Morgan fingerprint density at radius 3 is 2.00 bits per heavy atom. The molecule has 0 saturated heterocycles. The molecule has 0 radical (unpaired) electrons. The molecular weight excluding hydrogens is 184 g/mol. The van der Waals surface area contributed by atoms with Gasteiger partial charge in [0.2, 0.25) is 0 Å². The van der Waals surface area contributed by atoms with E-state index in [-0.39, 0.29) is 0 Å². The van der Waals surface area contributed by atoms with Gasteiger partial charge in [-0.1, -0.05) is 6.08 Å². The summed E-state index contributed by atoms with van der Waals surface area (Å²) in [7, 11) is 0. The van der Waals surface area contributed by atoms with Crippen LogP contribution in [0.5, 0.6) is 0 Å². The topological polar surface area (TPSA) is 17.1 Å². The zero-order chi connectivity index (χ0) is 10.3. The molecule has 0 amide bonds. The molecule has 0 atom stereocenters. The molecule has 0 heterocycles. The predicted octanol–water partition coefficient (Wildman–Crippen LogP) is 3.35. The van der Waals surface area contributed by atoms with E-state index in [4.69, 9.17) is 0 Å². The molecule has 0 unspecified atom stereocenters. The Kier molecular flexibility index (Phi) is 2.22. The Hall–Kier alpha value is -0.590. The quantitative estimate of drug-likeness (QED) is 0.509. The van der Waals surface area contributed by atoms with E-state index in [1.807, 2.05) is 0 Å². The summed E-state index contributed by atoms with van der Waals surface area (Å²) in [6.07, 6.45) is 14.8. The van der Waals surface area contributed by atoms with Crippen molar-refractivity contribution in [2.45, 2.75) is 44.9 Å². The zero-order valence-corrected chi connectivity index (χ0v) is 9.32. The molecule has 4 rings (SSSR count). The number of rotatable bonds is 3. The zero-order valence-electron chi connectivity index (χ0n) is 9.32. The van der Waals surface area contributed by atoms with Crippen LogP contribution in [-0.4, -0.2) is 6.29 Å². The third-order valence-electron chi connectivity index (χ3n) is 4.93. The predicted molar refractivity (Wildman–Crippen MR) is 60.4 cm³/mol. The van der Waals surface area contributed by atoms with Gasteiger partial charge < -0.3 is 0 Å². The van der Waals surface area contributed by atoms with Gasteiger partial charge in [0.1, 0.15) is 6.29 Å². The second-order valence-corrected chi connectivity index (χ2v) is 6.19. The van der Waals surface area contributed by atoms with Crippen molar-refractivity contribution in [3.05, 3.63) is 12.2 Å². The molecule has 0 N–H and O–H groups in total. The monoisotopic (exact) mass is 204 g/mol. The summed E-state index contributed by atoms with van der Waals surface area (Å²) in [6, 6.07) is 0. The molecule has 4 saturated carbocycles. The van der Waals surface area contributed by atoms with E-state index < -0.39 is 0 Å². The first kappa shape index (κ1) is 9.62.